The van der Waals surface area contributed by atoms with E-state index in [0.29, 0.717) is 5.92 Å². The van der Waals surface area contributed by atoms with Gasteiger partial charge >= 0.3 is 0 Å². The lowest BCUT2D eigenvalue weighted by Gasteiger charge is -2.45. The average molecular weight is 687 g/mol. The molecule has 0 bridgehead atoms. The van der Waals surface area contributed by atoms with Crippen LogP contribution in [0.5, 0.6) is 0 Å². The predicted molar refractivity (Wildman–Crippen MR) is 224 cm³/mol. The van der Waals surface area contributed by atoms with Crippen molar-refractivity contribution in [2.24, 2.45) is 10.8 Å². The maximum atomic E-state index is 2.64. The van der Waals surface area contributed by atoms with Gasteiger partial charge in [0.1, 0.15) is 0 Å². The topological polar surface area (TPSA) is 6.48 Å². The van der Waals surface area contributed by atoms with Crippen molar-refractivity contribution in [1.29, 1.82) is 0 Å². The molecule has 1 atom stereocenters. The second kappa shape index (κ2) is 11.2. The lowest BCUT2D eigenvalue weighted by atomic mass is 9.33. The minimum Gasteiger partial charge on any atom is -0.311 e. The third-order valence-electron chi connectivity index (χ3n) is 13.2. The van der Waals surface area contributed by atoms with Crippen LogP contribution in [0.25, 0.3) is 0 Å². The lowest BCUT2D eigenvalue weighted by Crippen LogP contribution is -2.61. The number of hydrogen-bond donors (Lipinski definition) is 0. The monoisotopic (exact) mass is 686 g/mol. The highest BCUT2D eigenvalue weighted by Gasteiger charge is 2.46. The van der Waals surface area contributed by atoms with Crippen LogP contribution in [-0.4, -0.2) is 6.71 Å². The molecule has 1 unspecified atom stereocenters. The molecule has 3 aliphatic carbocycles. The van der Waals surface area contributed by atoms with E-state index >= 15 is 0 Å². The molecule has 260 valence electrons. The van der Waals surface area contributed by atoms with Crippen molar-refractivity contribution >= 4 is 57.2 Å². The minimum absolute atomic E-state index is 0.153. The van der Waals surface area contributed by atoms with E-state index in [1.165, 1.54) is 109 Å². The molecule has 2 nitrogen and oxygen atoms in total. The molecule has 5 aliphatic rings. The van der Waals surface area contributed by atoms with E-state index in [9.17, 15) is 0 Å². The van der Waals surface area contributed by atoms with Gasteiger partial charge in [-0.2, -0.15) is 0 Å². The Hall–Kier alpha value is -5.02. The highest BCUT2D eigenvalue weighted by molar-refractivity contribution is 7.00. The van der Waals surface area contributed by atoms with Crippen molar-refractivity contribution in [2.45, 2.75) is 78.6 Å². The van der Waals surface area contributed by atoms with Gasteiger partial charge in [0.05, 0.1) is 0 Å². The van der Waals surface area contributed by atoms with Gasteiger partial charge in [-0.25, -0.2) is 0 Å². The van der Waals surface area contributed by atoms with Crippen LogP contribution in [0.2, 0.25) is 0 Å². The van der Waals surface area contributed by atoms with Crippen LogP contribution in [0.3, 0.4) is 0 Å². The van der Waals surface area contributed by atoms with Gasteiger partial charge < -0.3 is 9.80 Å². The molecular formula is C50H47BN2. The van der Waals surface area contributed by atoms with E-state index in [1.807, 2.05) is 0 Å². The molecule has 0 radical (unpaired) electrons. The van der Waals surface area contributed by atoms with Gasteiger partial charge in [-0.15, -0.1) is 0 Å². The summed E-state index contributed by atoms with van der Waals surface area (Å²) in [6.45, 7) is 9.93. The van der Waals surface area contributed by atoms with Crippen LogP contribution in [0.4, 0.5) is 34.1 Å². The lowest BCUT2D eigenvalue weighted by molar-refractivity contribution is 0.392. The maximum absolute atomic E-state index is 2.64. The number of aryl methyl sites for hydroxylation is 1. The molecule has 0 fully saturated rings. The predicted octanol–water partition coefficient (Wildman–Crippen LogP) is 10.5. The number of fused-ring (bicyclic) bond motifs is 7. The van der Waals surface area contributed by atoms with Crippen molar-refractivity contribution in [3.8, 4) is 0 Å². The quantitative estimate of drug-likeness (QED) is 0.171. The van der Waals surface area contributed by atoms with Gasteiger partial charge in [-0.05, 0) is 160 Å². The summed E-state index contributed by atoms with van der Waals surface area (Å²) in [5, 5.41) is 0. The summed E-state index contributed by atoms with van der Waals surface area (Å²) in [4.78, 5) is 5.28. The van der Waals surface area contributed by atoms with Crippen LogP contribution in [-0.2, 0) is 32.1 Å². The van der Waals surface area contributed by atoms with Crippen molar-refractivity contribution < 1.29 is 0 Å². The summed E-state index contributed by atoms with van der Waals surface area (Å²) in [5.41, 5.74) is 23.3. The van der Waals surface area contributed by atoms with Gasteiger partial charge in [0, 0.05) is 40.0 Å². The molecule has 0 spiro atoms. The number of nitrogens with zero attached hydrogens (tertiary/aromatic N) is 2. The number of anilines is 6. The zero-order valence-electron chi connectivity index (χ0n) is 31.5. The molecule has 0 N–H and O–H groups in total. The summed E-state index contributed by atoms with van der Waals surface area (Å²) in [6.07, 6.45) is 8.08. The first-order valence-electron chi connectivity index (χ1n) is 20.0. The Bertz CT molecular complexity index is 2320. The number of hydrogen-bond acceptors (Lipinski definition) is 2. The van der Waals surface area contributed by atoms with E-state index in [1.54, 1.807) is 0 Å². The largest absolute Gasteiger partial charge is 0.311 e. The van der Waals surface area contributed by atoms with Crippen molar-refractivity contribution in [2.75, 3.05) is 9.80 Å². The third kappa shape index (κ3) is 4.85. The molecule has 0 saturated heterocycles. The molecule has 2 heterocycles. The van der Waals surface area contributed by atoms with Gasteiger partial charge in [0.2, 0.25) is 0 Å². The zero-order chi connectivity index (χ0) is 35.6. The zero-order valence-corrected chi connectivity index (χ0v) is 31.5. The summed E-state index contributed by atoms with van der Waals surface area (Å²) >= 11 is 0. The van der Waals surface area contributed by atoms with Crippen LogP contribution in [0.15, 0.2) is 121 Å². The number of rotatable bonds is 3. The summed E-state index contributed by atoms with van der Waals surface area (Å²) in [7, 11) is 0. The minimum atomic E-state index is 0.153. The first-order chi connectivity index (χ1) is 25.7. The summed E-state index contributed by atoms with van der Waals surface area (Å²) < 4.78 is 0. The van der Waals surface area contributed by atoms with E-state index < -0.39 is 0 Å². The summed E-state index contributed by atoms with van der Waals surface area (Å²) in [6, 6.07) is 47.3. The standard InChI is InChI=1S/C50H47BN2/c1-49(2)28-34-22-42-44(26-36(34)30-49)52(38-16-7-5-8-17-38)46-24-33(41-21-13-15-32-14-11-12-20-40(32)41)25-47-48(46)51(42)43-23-35-29-50(3,4)31-37(35)27-45(43)53(47)39-18-9-6-10-19-39/h5-12,14,16-20,22-27,41H,13,15,21,28-31H2,1-4H3. The first kappa shape index (κ1) is 31.5. The molecular weight excluding hydrogens is 639 g/mol. The first-order valence-corrected chi connectivity index (χ1v) is 20.0. The maximum Gasteiger partial charge on any atom is 0.252 e. The van der Waals surface area contributed by atoms with E-state index in [2.05, 4.69) is 159 Å². The Morgan fingerprint density at radius 2 is 0.981 bits per heavy atom. The highest BCUT2D eigenvalue weighted by Crippen LogP contribution is 2.50. The molecule has 0 saturated carbocycles. The van der Waals surface area contributed by atoms with E-state index in [-0.39, 0.29) is 17.5 Å². The van der Waals surface area contributed by atoms with Crippen LogP contribution >= 0.6 is 0 Å². The molecule has 6 aromatic rings. The molecule has 11 rings (SSSR count). The van der Waals surface area contributed by atoms with Crippen LogP contribution in [0.1, 0.15) is 85.4 Å². The molecule has 2 aliphatic heterocycles. The molecule has 6 aromatic carbocycles. The van der Waals surface area contributed by atoms with Crippen molar-refractivity contribution in [1.82, 2.24) is 0 Å². The Kier molecular flexibility index (Phi) is 6.69. The van der Waals surface area contributed by atoms with E-state index in [4.69, 9.17) is 0 Å². The fraction of sp³-hybridized carbons (Fsp3) is 0.280. The summed E-state index contributed by atoms with van der Waals surface area (Å²) in [5.74, 6) is 0.361. The Morgan fingerprint density at radius 3 is 1.51 bits per heavy atom. The third-order valence-corrected chi connectivity index (χ3v) is 13.2. The Labute approximate surface area is 315 Å². The fourth-order valence-corrected chi connectivity index (χ4v) is 11.1. The highest BCUT2D eigenvalue weighted by atomic mass is 15.2. The van der Waals surface area contributed by atoms with Crippen LogP contribution < -0.4 is 26.2 Å². The van der Waals surface area contributed by atoms with Crippen molar-refractivity contribution in [3.05, 3.63) is 160 Å². The van der Waals surface area contributed by atoms with Gasteiger partial charge in [0.15, 0.2) is 0 Å². The van der Waals surface area contributed by atoms with Gasteiger partial charge in [-0.3, -0.25) is 0 Å². The smallest absolute Gasteiger partial charge is 0.252 e. The van der Waals surface area contributed by atoms with E-state index in [0.717, 1.165) is 25.7 Å². The second-order valence-electron chi connectivity index (χ2n) is 18.3. The van der Waals surface area contributed by atoms with Gasteiger partial charge in [-0.1, -0.05) is 100 Å². The molecule has 53 heavy (non-hydrogen) atoms. The second-order valence-corrected chi connectivity index (χ2v) is 18.3. The Morgan fingerprint density at radius 1 is 0.509 bits per heavy atom. The number of benzene rings is 6. The Balaban J connectivity index is 1.25. The normalized spacial score (nSPS) is 19.5. The molecule has 0 aromatic heterocycles. The molecule has 3 heteroatoms. The van der Waals surface area contributed by atoms with Gasteiger partial charge in [0.25, 0.3) is 6.71 Å². The van der Waals surface area contributed by atoms with Crippen molar-refractivity contribution in [3.63, 3.8) is 0 Å². The van der Waals surface area contributed by atoms with Crippen LogP contribution in [0, 0.1) is 10.8 Å². The number of para-hydroxylation sites is 2. The SMILES string of the molecule is CC1(C)Cc2cc3c(cc2C1)N(c1ccccc1)c1cc(C2CCCc4ccccc42)cc2c1B3c1cc3c(cc1N2c1ccccc1)CC(C)(C)C3. The molecule has 0 amide bonds. The fourth-order valence-electron chi connectivity index (χ4n) is 11.1. The average Bonchev–Trinajstić information content (AvgIpc) is 3.64.